The van der Waals surface area contributed by atoms with Crippen LogP contribution in [0.3, 0.4) is 0 Å². The summed E-state index contributed by atoms with van der Waals surface area (Å²) in [5, 5.41) is 3.07. The molecule has 6 heteroatoms. The van der Waals surface area contributed by atoms with E-state index in [2.05, 4.69) is 10.3 Å². The number of rotatable bonds is 6. The Bertz CT molecular complexity index is 649. The number of hydrogen-bond donors (Lipinski definition) is 2. The van der Waals surface area contributed by atoms with E-state index < -0.39 is 0 Å². The number of methoxy groups -OCH3 is 1. The van der Waals surface area contributed by atoms with Crippen molar-refractivity contribution in [1.82, 2.24) is 0 Å². The number of nitrogens with two attached hydrogens (primary N) is 1. The van der Waals surface area contributed by atoms with Gasteiger partial charge in [0.25, 0.3) is 0 Å². The molecule has 0 aromatic heterocycles. The molecule has 2 aromatic rings. The molecule has 0 amide bonds. The molecule has 0 radical (unpaired) electrons. The second-order valence-corrected chi connectivity index (χ2v) is 4.86. The number of nitrogens with one attached hydrogen (secondary N) is 1. The quantitative estimate of drug-likeness (QED) is 0.420. The van der Waals surface area contributed by atoms with E-state index >= 15 is 0 Å². The van der Waals surface area contributed by atoms with E-state index in [-0.39, 0.29) is 29.8 Å². The van der Waals surface area contributed by atoms with Crippen molar-refractivity contribution in [2.24, 2.45) is 10.7 Å². The summed E-state index contributed by atoms with van der Waals surface area (Å²) in [6.07, 6.45) is 0.639. The number of guanidine groups is 1. The first-order valence-corrected chi connectivity index (χ1v) is 7.07. The first kappa shape index (κ1) is 19.4. The van der Waals surface area contributed by atoms with Crippen LogP contribution in [0.15, 0.2) is 53.5 Å². The molecule has 2 rings (SSSR count). The Balaban J connectivity index is 0.00000264. The number of benzene rings is 2. The van der Waals surface area contributed by atoms with E-state index in [1.54, 1.807) is 13.2 Å². The number of aliphatic imine (C=N–C) groups is 1. The highest BCUT2D eigenvalue weighted by molar-refractivity contribution is 14.0. The number of para-hydroxylation sites is 1. The summed E-state index contributed by atoms with van der Waals surface area (Å²) in [4.78, 5) is 4.27. The predicted molar refractivity (Wildman–Crippen MR) is 103 cm³/mol. The molecule has 0 saturated heterocycles. The van der Waals surface area contributed by atoms with Gasteiger partial charge in [0, 0.05) is 24.9 Å². The van der Waals surface area contributed by atoms with E-state index in [4.69, 9.17) is 10.5 Å². The van der Waals surface area contributed by atoms with Gasteiger partial charge in [0.1, 0.15) is 5.82 Å². The molecule has 0 heterocycles. The van der Waals surface area contributed by atoms with Gasteiger partial charge in [-0.1, -0.05) is 30.3 Å². The molecule has 0 spiro atoms. The van der Waals surface area contributed by atoms with Crippen molar-refractivity contribution in [3.8, 4) is 0 Å². The van der Waals surface area contributed by atoms with Crippen LogP contribution in [-0.4, -0.2) is 19.6 Å². The topological polar surface area (TPSA) is 59.6 Å². The number of halogens is 2. The second-order valence-electron chi connectivity index (χ2n) is 4.86. The summed E-state index contributed by atoms with van der Waals surface area (Å²) in [5.41, 5.74) is 8.67. The number of hydrogen-bond acceptors (Lipinski definition) is 2. The minimum Gasteiger partial charge on any atom is -0.380 e. The SMILES string of the molecule is COCc1ccccc1NC(N)=NCCc1cccc(F)c1.I. The van der Waals surface area contributed by atoms with Crippen molar-refractivity contribution in [2.75, 3.05) is 19.0 Å². The highest BCUT2D eigenvalue weighted by atomic mass is 127. The van der Waals surface area contributed by atoms with E-state index in [9.17, 15) is 4.39 Å². The average Bonchev–Trinajstić information content (AvgIpc) is 2.49. The molecule has 3 N–H and O–H groups in total. The fraction of sp³-hybridized carbons (Fsp3) is 0.235. The van der Waals surface area contributed by atoms with Crippen LogP contribution in [0.1, 0.15) is 11.1 Å². The van der Waals surface area contributed by atoms with Gasteiger partial charge in [0.2, 0.25) is 0 Å². The Morgan fingerprint density at radius 3 is 2.74 bits per heavy atom. The van der Waals surface area contributed by atoms with Crippen LogP contribution in [0.5, 0.6) is 0 Å². The summed E-state index contributed by atoms with van der Waals surface area (Å²) in [6, 6.07) is 14.2. The van der Waals surface area contributed by atoms with E-state index in [1.165, 1.54) is 12.1 Å². The molecule has 23 heavy (non-hydrogen) atoms. The Morgan fingerprint density at radius 2 is 2.00 bits per heavy atom. The van der Waals surface area contributed by atoms with Crippen molar-refractivity contribution in [2.45, 2.75) is 13.0 Å². The largest absolute Gasteiger partial charge is 0.380 e. The molecule has 0 bridgehead atoms. The van der Waals surface area contributed by atoms with Crippen molar-refractivity contribution in [1.29, 1.82) is 0 Å². The molecule has 2 aromatic carbocycles. The van der Waals surface area contributed by atoms with Crippen molar-refractivity contribution in [3.05, 3.63) is 65.5 Å². The molecule has 0 aliphatic carbocycles. The zero-order chi connectivity index (χ0) is 15.8. The molecular weight excluding hydrogens is 408 g/mol. The fourth-order valence-electron chi connectivity index (χ4n) is 2.10. The van der Waals surface area contributed by atoms with Gasteiger partial charge < -0.3 is 15.8 Å². The summed E-state index contributed by atoms with van der Waals surface area (Å²) < 4.78 is 18.2. The zero-order valence-corrected chi connectivity index (χ0v) is 15.3. The fourth-order valence-corrected chi connectivity index (χ4v) is 2.10. The monoisotopic (exact) mass is 429 g/mol. The Kier molecular flexibility index (Phi) is 8.57. The Hall–Kier alpha value is -1.67. The van der Waals surface area contributed by atoms with Crippen molar-refractivity contribution >= 4 is 35.6 Å². The molecule has 0 fully saturated rings. The molecule has 0 aliphatic rings. The molecule has 0 atom stereocenters. The molecule has 0 saturated carbocycles. The summed E-state index contributed by atoms with van der Waals surface area (Å²) in [7, 11) is 1.65. The van der Waals surface area contributed by atoms with Crippen LogP contribution in [-0.2, 0) is 17.8 Å². The normalized spacial score (nSPS) is 11.0. The lowest BCUT2D eigenvalue weighted by molar-refractivity contribution is 0.185. The van der Waals surface area contributed by atoms with Gasteiger partial charge in [0.15, 0.2) is 5.96 Å². The third-order valence-electron chi connectivity index (χ3n) is 3.15. The van der Waals surface area contributed by atoms with Crippen LogP contribution in [0.25, 0.3) is 0 Å². The number of ether oxygens (including phenoxy) is 1. The van der Waals surface area contributed by atoms with Gasteiger partial charge in [-0.2, -0.15) is 0 Å². The van der Waals surface area contributed by atoms with E-state index in [0.29, 0.717) is 25.5 Å². The van der Waals surface area contributed by atoms with Crippen LogP contribution in [0.4, 0.5) is 10.1 Å². The summed E-state index contributed by atoms with van der Waals surface area (Å²) >= 11 is 0. The summed E-state index contributed by atoms with van der Waals surface area (Å²) in [5.74, 6) is 0.0982. The van der Waals surface area contributed by atoms with Crippen molar-refractivity contribution < 1.29 is 9.13 Å². The molecule has 0 aliphatic heterocycles. The van der Waals surface area contributed by atoms with Gasteiger partial charge in [-0.05, 0) is 30.2 Å². The molecule has 124 valence electrons. The smallest absolute Gasteiger partial charge is 0.193 e. The lowest BCUT2D eigenvalue weighted by Gasteiger charge is -2.10. The first-order valence-electron chi connectivity index (χ1n) is 7.07. The van der Waals surface area contributed by atoms with Gasteiger partial charge in [-0.15, -0.1) is 24.0 Å². The lowest BCUT2D eigenvalue weighted by atomic mass is 10.1. The van der Waals surface area contributed by atoms with Gasteiger partial charge in [-0.25, -0.2) is 4.39 Å². The predicted octanol–water partition coefficient (Wildman–Crippen LogP) is 3.56. The maximum absolute atomic E-state index is 13.1. The zero-order valence-electron chi connectivity index (χ0n) is 13.0. The van der Waals surface area contributed by atoms with Crippen LogP contribution < -0.4 is 11.1 Å². The maximum atomic E-state index is 13.1. The van der Waals surface area contributed by atoms with E-state index in [1.807, 2.05) is 30.3 Å². The molecule has 4 nitrogen and oxygen atoms in total. The molecular formula is C17H21FIN3O. The first-order chi connectivity index (χ1) is 10.7. The lowest BCUT2D eigenvalue weighted by Crippen LogP contribution is -2.23. The Labute approximate surface area is 153 Å². The summed E-state index contributed by atoms with van der Waals surface area (Å²) in [6.45, 7) is 0.995. The average molecular weight is 429 g/mol. The minimum absolute atomic E-state index is 0. The third kappa shape index (κ3) is 6.54. The van der Waals surface area contributed by atoms with Gasteiger partial charge in [0.05, 0.1) is 6.61 Å². The van der Waals surface area contributed by atoms with Crippen LogP contribution in [0.2, 0.25) is 0 Å². The highest BCUT2D eigenvalue weighted by Crippen LogP contribution is 2.15. The van der Waals surface area contributed by atoms with Gasteiger partial charge in [-0.3, -0.25) is 4.99 Å². The number of nitrogens with zero attached hydrogens (tertiary/aromatic N) is 1. The van der Waals surface area contributed by atoms with Crippen molar-refractivity contribution in [3.63, 3.8) is 0 Å². The van der Waals surface area contributed by atoms with Gasteiger partial charge >= 0.3 is 0 Å². The maximum Gasteiger partial charge on any atom is 0.193 e. The second kappa shape index (κ2) is 10.2. The van der Waals surface area contributed by atoms with Crippen LogP contribution in [0, 0.1) is 5.82 Å². The number of anilines is 1. The van der Waals surface area contributed by atoms with Crippen LogP contribution >= 0.6 is 24.0 Å². The third-order valence-corrected chi connectivity index (χ3v) is 3.15. The van der Waals surface area contributed by atoms with E-state index in [0.717, 1.165) is 16.8 Å². The highest BCUT2D eigenvalue weighted by Gasteiger charge is 2.02. The molecule has 0 unspecified atom stereocenters. The standard InChI is InChI=1S/C17H20FN3O.HI/c1-22-12-14-6-2-3-8-16(14)21-17(19)20-10-9-13-5-4-7-15(18)11-13;/h2-8,11H,9-10,12H2,1H3,(H3,19,20,21);1H. The Morgan fingerprint density at radius 1 is 1.22 bits per heavy atom. The minimum atomic E-state index is -0.235.